The highest BCUT2D eigenvalue weighted by Crippen LogP contribution is 2.27. The van der Waals surface area contributed by atoms with Gasteiger partial charge in [0.15, 0.2) is 0 Å². The molecular weight excluding hydrogens is 278 g/mol. The van der Waals surface area contributed by atoms with Gasteiger partial charge in [0, 0.05) is 11.3 Å². The van der Waals surface area contributed by atoms with E-state index in [1.165, 1.54) is 12.1 Å². The van der Waals surface area contributed by atoms with Crippen molar-refractivity contribution in [2.45, 2.75) is 0 Å². The third-order valence-corrected chi connectivity index (χ3v) is 2.99. The number of benzene rings is 2. The molecule has 0 radical (unpaired) electrons. The van der Waals surface area contributed by atoms with Gasteiger partial charge < -0.3 is 16.2 Å². The second kappa shape index (κ2) is 5.63. The van der Waals surface area contributed by atoms with Crippen LogP contribution in [0.4, 0.5) is 5.69 Å². The topological polar surface area (TPSA) is 99.2 Å². The van der Waals surface area contributed by atoms with Crippen molar-refractivity contribution in [1.82, 2.24) is 0 Å². The fourth-order valence-corrected chi connectivity index (χ4v) is 1.80. The Morgan fingerprint density at radius 3 is 2.45 bits per heavy atom. The predicted molar refractivity (Wildman–Crippen MR) is 78.5 cm³/mol. The minimum atomic E-state index is -0.472. The third-order valence-electron chi connectivity index (χ3n) is 2.69. The highest BCUT2D eigenvalue weighted by molar-refractivity contribution is 6.32. The van der Waals surface area contributed by atoms with Gasteiger partial charge in [0.25, 0.3) is 5.91 Å². The number of hydrogen-bond donors (Lipinski definition) is 4. The summed E-state index contributed by atoms with van der Waals surface area (Å²) in [6.07, 6.45) is 0. The highest BCUT2D eigenvalue weighted by Gasteiger charge is 2.13. The Morgan fingerprint density at radius 1 is 1.20 bits per heavy atom. The second-order valence-corrected chi connectivity index (χ2v) is 4.49. The lowest BCUT2D eigenvalue weighted by Crippen LogP contribution is -2.13. The van der Waals surface area contributed by atoms with Crippen LogP contribution < -0.4 is 11.1 Å². The molecule has 0 spiro atoms. The molecule has 2 rings (SSSR count). The summed E-state index contributed by atoms with van der Waals surface area (Å²) in [5, 5.41) is 19.7. The van der Waals surface area contributed by atoms with Crippen LogP contribution in [0, 0.1) is 5.41 Å². The van der Waals surface area contributed by atoms with Crippen molar-refractivity contribution >= 4 is 29.0 Å². The number of anilines is 1. The highest BCUT2D eigenvalue weighted by atomic mass is 35.5. The van der Waals surface area contributed by atoms with Crippen LogP contribution in [0.25, 0.3) is 0 Å². The SMILES string of the molecule is N=C(N)c1ccc(NC(=O)c2cccc(Cl)c2O)cc1. The van der Waals surface area contributed by atoms with Crippen molar-refractivity contribution in [3.8, 4) is 5.75 Å². The van der Waals surface area contributed by atoms with Gasteiger partial charge >= 0.3 is 0 Å². The van der Waals surface area contributed by atoms with Crippen molar-refractivity contribution in [3.63, 3.8) is 0 Å². The van der Waals surface area contributed by atoms with Crippen LogP contribution >= 0.6 is 11.6 Å². The summed E-state index contributed by atoms with van der Waals surface area (Å²) in [5.41, 5.74) is 6.52. The Hall–Kier alpha value is -2.53. The van der Waals surface area contributed by atoms with Crippen LogP contribution in [0.1, 0.15) is 15.9 Å². The monoisotopic (exact) mass is 289 g/mol. The molecule has 5 nitrogen and oxygen atoms in total. The summed E-state index contributed by atoms with van der Waals surface area (Å²) in [4.78, 5) is 12.0. The first-order chi connectivity index (χ1) is 9.49. The van der Waals surface area contributed by atoms with E-state index < -0.39 is 5.91 Å². The number of carbonyl (C=O) groups excluding carboxylic acids is 1. The molecule has 0 aliphatic carbocycles. The van der Waals surface area contributed by atoms with Crippen molar-refractivity contribution in [1.29, 1.82) is 5.41 Å². The van der Waals surface area contributed by atoms with Gasteiger partial charge in [0.2, 0.25) is 0 Å². The van der Waals surface area contributed by atoms with Crippen LogP contribution in [0.3, 0.4) is 0 Å². The summed E-state index contributed by atoms with van der Waals surface area (Å²) in [6.45, 7) is 0. The van der Waals surface area contributed by atoms with Crippen molar-refractivity contribution < 1.29 is 9.90 Å². The van der Waals surface area contributed by atoms with Gasteiger partial charge in [-0.3, -0.25) is 10.2 Å². The zero-order chi connectivity index (χ0) is 14.7. The molecule has 1 amide bonds. The normalized spacial score (nSPS) is 10.1. The van der Waals surface area contributed by atoms with E-state index in [1.54, 1.807) is 30.3 Å². The number of nitrogens with one attached hydrogen (secondary N) is 2. The van der Waals surface area contributed by atoms with Crippen LogP contribution in [-0.2, 0) is 0 Å². The van der Waals surface area contributed by atoms with Gasteiger partial charge in [0.05, 0.1) is 10.6 Å². The average Bonchev–Trinajstić information content (AvgIpc) is 2.42. The van der Waals surface area contributed by atoms with Gasteiger partial charge in [-0.05, 0) is 36.4 Å². The average molecular weight is 290 g/mol. The minimum absolute atomic E-state index is 0.0460. The first-order valence-corrected chi connectivity index (χ1v) is 6.10. The van der Waals surface area contributed by atoms with E-state index >= 15 is 0 Å². The molecule has 5 N–H and O–H groups in total. The molecule has 20 heavy (non-hydrogen) atoms. The number of amidine groups is 1. The molecule has 0 unspecified atom stereocenters. The van der Waals surface area contributed by atoms with Gasteiger partial charge in [-0.15, -0.1) is 0 Å². The molecule has 0 fully saturated rings. The zero-order valence-corrected chi connectivity index (χ0v) is 11.1. The maximum absolute atomic E-state index is 12.0. The molecule has 6 heteroatoms. The van der Waals surface area contributed by atoms with Crippen molar-refractivity contribution in [2.24, 2.45) is 5.73 Å². The second-order valence-electron chi connectivity index (χ2n) is 4.08. The smallest absolute Gasteiger partial charge is 0.259 e. The van der Waals surface area contributed by atoms with Gasteiger partial charge in [-0.1, -0.05) is 17.7 Å². The molecule has 2 aromatic rings. The fourth-order valence-electron chi connectivity index (χ4n) is 1.63. The molecule has 102 valence electrons. The lowest BCUT2D eigenvalue weighted by Gasteiger charge is -2.08. The summed E-state index contributed by atoms with van der Waals surface area (Å²) < 4.78 is 0. The standard InChI is InChI=1S/C14H12ClN3O2/c15-11-3-1-2-10(12(11)19)14(20)18-9-6-4-8(5-7-9)13(16)17/h1-7,19H,(H3,16,17)(H,18,20). The Morgan fingerprint density at radius 2 is 1.85 bits per heavy atom. The molecule has 0 aromatic heterocycles. The van der Waals surface area contributed by atoms with Crippen molar-refractivity contribution in [2.75, 3.05) is 5.32 Å². The molecule has 0 atom stereocenters. The van der Waals surface area contributed by atoms with Crippen LogP contribution in [0.15, 0.2) is 42.5 Å². The number of halogens is 1. The number of aromatic hydroxyl groups is 1. The summed E-state index contributed by atoms with van der Waals surface area (Å²) >= 11 is 5.75. The molecule has 0 saturated carbocycles. The van der Waals surface area contributed by atoms with E-state index in [1.807, 2.05) is 0 Å². The van der Waals surface area contributed by atoms with Crippen LogP contribution in [0.5, 0.6) is 5.75 Å². The fraction of sp³-hybridized carbons (Fsp3) is 0. The number of amides is 1. The summed E-state index contributed by atoms with van der Waals surface area (Å²) in [7, 11) is 0. The van der Waals surface area contributed by atoms with Gasteiger partial charge in [0.1, 0.15) is 11.6 Å². The van der Waals surface area contributed by atoms with Crippen LogP contribution in [0.2, 0.25) is 5.02 Å². The molecule has 0 bridgehead atoms. The van der Waals surface area contributed by atoms with E-state index in [4.69, 9.17) is 22.7 Å². The van der Waals surface area contributed by atoms with E-state index in [9.17, 15) is 9.90 Å². The Bertz CT molecular complexity index is 669. The maximum Gasteiger partial charge on any atom is 0.259 e. The third kappa shape index (κ3) is 2.89. The largest absolute Gasteiger partial charge is 0.506 e. The zero-order valence-electron chi connectivity index (χ0n) is 10.4. The number of carbonyl (C=O) groups is 1. The molecule has 0 saturated heterocycles. The Kier molecular flexibility index (Phi) is 3.91. The summed E-state index contributed by atoms with van der Waals surface area (Å²) in [6, 6.07) is 11.0. The minimum Gasteiger partial charge on any atom is -0.506 e. The van der Waals surface area contributed by atoms with Gasteiger partial charge in [-0.25, -0.2) is 0 Å². The van der Waals surface area contributed by atoms with E-state index in [0.29, 0.717) is 11.3 Å². The van der Waals surface area contributed by atoms with E-state index in [-0.39, 0.29) is 22.2 Å². The van der Waals surface area contributed by atoms with Gasteiger partial charge in [-0.2, -0.15) is 0 Å². The molecular formula is C14H12ClN3O2. The lowest BCUT2D eigenvalue weighted by molar-refractivity contribution is 0.102. The lowest BCUT2D eigenvalue weighted by atomic mass is 10.1. The van der Waals surface area contributed by atoms with E-state index in [2.05, 4.69) is 5.32 Å². The van der Waals surface area contributed by atoms with E-state index in [0.717, 1.165) is 0 Å². The number of phenols is 1. The molecule has 0 heterocycles. The number of para-hydroxylation sites is 1. The maximum atomic E-state index is 12.0. The quantitative estimate of drug-likeness (QED) is 0.516. The molecule has 0 aliphatic rings. The predicted octanol–water partition coefficient (Wildman–Crippen LogP) is 2.58. The Labute approximate surface area is 120 Å². The molecule has 2 aromatic carbocycles. The van der Waals surface area contributed by atoms with Crippen LogP contribution in [-0.4, -0.2) is 16.8 Å². The Balaban J connectivity index is 2.19. The number of nitrogens with two attached hydrogens (primary N) is 1. The van der Waals surface area contributed by atoms with Crippen molar-refractivity contribution in [3.05, 3.63) is 58.6 Å². The number of nitrogen functional groups attached to an aromatic ring is 1. The number of rotatable bonds is 3. The first kappa shape index (κ1) is 13.9. The first-order valence-electron chi connectivity index (χ1n) is 5.72. The summed E-state index contributed by atoms with van der Waals surface area (Å²) in [5.74, 6) is -0.775. The number of hydrogen-bond acceptors (Lipinski definition) is 3. The number of phenolic OH excluding ortho intramolecular Hbond substituents is 1. The molecule has 0 aliphatic heterocycles.